The number of rotatable bonds is 6. The number of nitrogens with one attached hydrogen (secondary N) is 1. The number of nitriles is 1. The third-order valence-electron chi connectivity index (χ3n) is 7.04. The van der Waals surface area contributed by atoms with Crippen LogP contribution in [0.25, 0.3) is 0 Å². The third-order valence-corrected chi connectivity index (χ3v) is 7.04. The summed E-state index contributed by atoms with van der Waals surface area (Å²) in [5.74, 6) is 0.847. The molecule has 2 atom stereocenters. The molecule has 180 valence electrons. The predicted octanol–water partition coefficient (Wildman–Crippen LogP) is 3.26. The Bertz CT molecular complexity index is 955. The maximum Gasteiger partial charge on any atom is 0.318 e. The molecule has 2 saturated heterocycles. The first kappa shape index (κ1) is 24.0. The Hall–Kier alpha value is -3.18. The lowest BCUT2D eigenvalue weighted by molar-refractivity contribution is 0.139. The van der Waals surface area contributed by atoms with Crippen molar-refractivity contribution in [2.75, 3.05) is 37.6 Å². The summed E-state index contributed by atoms with van der Waals surface area (Å²) in [5, 5.41) is 12.1. The molecule has 0 saturated carbocycles. The van der Waals surface area contributed by atoms with Crippen molar-refractivity contribution in [3.8, 4) is 6.07 Å². The molecular formula is C26H35N7O. The van der Waals surface area contributed by atoms with Gasteiger partial charge in [0.15, 0.2) is 0 Å². The van der Waals surface area contributed by atoms with Gasteiger partial charge in [-0.25, -0.2) is 14.8 Å². The van der Waals surface area contributed by atoms with Gasteiger partial charge in [-0.3, -0.25) is 4.90 Å². The highest BCUT2D eigenvalue weighted by molar-refractivity contribution is 5.75. The van der Waals surface area contributed by atoms with Crippen molar-refractivity contribution >= 4 is 11.7 Å². The summed E-state index contributed by atoms with van der Waals surface area (Å²) in [6.45, 7) is 9.60. The fourth-order valence-electron chi connectivity index (χ4n) is 5.23. The van der Waals surface area contributed by atoms with Gasteiger partial charge in [-0.1, -0.05) is 30.3 Å². The van der Waals surface area contributed by atoms with E-state index in [4.69, 9.17) is 5.26 Å². The molecule has 8 nitrogen and oxygen atoms in total. The van der Waals surface area contributed by atoms with E-state index in [1.54, 1.807) is 12.4 Å². The number of hydrogen-bond acceptors (Lipinski definition) is 6. The van der Waals surface area contributed by atoms with Crippen LogP contribution in [0.3, 0.4) is 0 Å². The van der Waals surface area contributed by atoms with Crippen molar-refractivity contribution < 1.29 is 4.79 Å². The van der Waals surface area contributed by atoms with Crippen molar-refractivity contribution in [1.29, 1.82) is 5.26 Å². The molecule has 2 aromatic rings. The average Bonchev–Trinajstić information content (AvgIpc) is 2.85. The van der Waals surface area contributed by atoms with Gasteiger partial charge in [0.25, 0.3) is 0 Å². The zero-order valence-corrected chi connectivity index (χ0v) is 20.2. The fourth-order valence-corrected chi connectivity index (χ4v) is 5.23. The second kappa shape index (κ2) is 11.3. The van der Waals surface area contributed by atoms with Crippen molar-refractivity contribution in [2.45, 2.75) is 51.7 Å². The quantitative estimate of drug-likeness (QED) is 0.710. The van der Waals surface area contributed by atoms with Gasteiger partial charge in [0, 0.05) is 38.3 Å². The summed E-state index contributed by atoms with van der Waals surface area (Å²) < 4.78 is 0. The predicted molar refractivity (Wildman–Crippen MR) is 132 cm³/mol. The number of nitrogens with zero attached hydrogens (tertiary/aromatic N) is 6. The molecule has 2 aliphatic heterocycles. The van der Waals surface area contributed by atoms with Crippen LogP contribution in [-0.2, 0) is 6.54 Å². The summed E-state index contributed by atoms with van der Waals surface area (Å²) in [7, 11) is 0. The molecular weight excluding hydrogens is 426 g/mol. The van der Waals surface area contributed by atoms with Crippen molar-refractivity contribution in [1.82, 2.24) is 25.1 Å². The number of carbonyl (C=O) groups excluding carboxylic acids is 1. The van der Waals surface area contributed by atoms with E-state index in [2.05, 4.69) is 69.3 Å². The van der Waals surface area contributed by atoms with Crippen LogP contribution in [0.2, 0.25) is 0 Å². The fraction of sp³-hybridized carbons (Fsp3) is 0.538. The van der Waals surface area contributed by atoms with Crippen LogP contribution < -0.4 is 10.2 Å². The second-order valence-corrected chi connectivity index (χ2v) is 9.61. The Labute approximate surface area is 202 Å². The van der Waals surface area contributed by atoms with E-state index >= 15 is 0 Å². The lowest BCUT2D eigenvalue weighted by atomic mass is 9.93. The van der Waals surface area contributed by atoms with Crippen LogP contribution in [0, 0.1) is 17.2 Å². The molecule has 0 bridgehead atoms. The maximum atomic E-state index is 13.0. The molecule has 1 aromatic carbocycles. The van der Waals surface area contributed by atoms with E-state index in [1.807, 2.05) is 11.0 Å². The number of amides is 2. The van der Waals surface area contributed by atoms with Crippen LogP contribution in [0.1, 0.15) is 44.5 Å². The SMILES string of the molecule is C[C@@H]1CN(c2cnc(C#N)nc2)C[C@H](C)N1C(=O)NCCC1CCN(Cc2ccccc2)CC1. The van der Waals surface area contributed by atoms with Gasteiger partial charge >= 0.3 is 6.03 Å². The van der Waals surface area contributed by atoms with Gasteiger partial charge < -0.3 is 15.1 Å². The first-order valence-corrected chi connectivity index (χ1v) is 12.3. The lowest BCUT2D eigenvalue weighted by Crippen LogP contribution is -2.61. The van der Waals surface area contributed by atoms with Gasteiger partial charge in [0.1, 0.15) is 6.07 Å². The number of benzene rings is 1. The maximum absolute atomic E-state index is 13.0. The molecule has 3 heterocycles. The lowest BCUT2D eigenvalue weighted by Gasteiger charge is -2.45. The highest BCUT2D eigenvalue weighted by atomic mass is 16.2. The number of aromatic nitrogens is 2. The highest BCUT2D eigenvalue weighted by Gasteiger charge is 2.33. The highest BCUT2D eigenvalue weighted by Crippen LogP contribution is 2.23. The van der Waals surface area contributed by atoms with Gasteiger partial charge in [-0.15, -0.1) is 0 Å². The number of urea groups is 1. The standard InChI is InChI=1S/C26H35N7O/c1-20-17-32(24-15-29-25(14-27)30-16-24)18-21(2)33(20)26(34)28-11-8-22-9-12-31(13-10-22)19-23-6-4-3-5-7-23/h3-7,15-16,20-22H,8-13,17-19H2,1-2H3,(H,28,34)/t20-,21+. The minimum absolute atomic E-state index is 0.0252. The molecule has 0 spiro atoms. The third kappa shape index (κ3) is 6.03. The molecule has 0 radical (unpaired) electrons. The van der Waals surface area contributed by atoms with Crippen LogP contribution in [-0.4, -0.2) is 70.6 Å². The Morgan fingerprint density at radius 3 is 2.35 bits per heavy atom. The monoisotopic (exact) mass is 461 g/mol. The van der Waals surface area contributed by atoms with E-state index in [1.165, 1.54) is 18.4 Å². The first-order valence-electron chi connectivity index (χ1n) is 12.3. The molecule has 34 heavy (non-hydrogen) atoms. The van der Waals surface area contributed by atoms with Crippen LogP contribution in [0.5, 0.6) is 0 Å². The van der Waals surface area contributed by atoms with E-state index in [0.717, 1.165) is 38.3 Å². The van der Waals surface area contributed by atoms with Crippen molar-refractivity contribution in [3.05, 3.63) is 54.1 Å². The van der Waals surface area contributed by atoms with Gasteiger partial charge in [0.2, 0.25) is 5.82 Å². The Balaban J connectivity index is 1.19. The summed E-state index contributed by atoms with van der Waals surface area (Å²) in [6.07, 6.45) is 6.80. The van der Waals surface area contributed by atoms with Crippen molar-refractivity contribution in [3.63, 3.8) is 0 Å². The van der Waals surface area contributed by atoms with Gasteiger partial charge in [-0.2, -0.15) is 5.26 Å². The topological polar surface area (TPSA) is 88.4 Å². The number of piperidine rings is 1. The summed E-state index contributed by atoms with van der Waals surface area (Å²) in [5.41, 5.74) is 2.26. The minimum atomic E-state index is 0.0252. The molecule has 0 aliphatic carbocycles. The largest absolute Gasteiger partial charge is 0.365 e. The summed E-state index contributed by atoms with van der Waals surface area (Å²) >= 11 is 0. The summed E-state index contributed by atoms with van der Waals surface area (Å²) in [6, 6.07) is 12.8. The van der Waals surface area contributed by atoms with E-state index < -0.39 is 0 Å². The average molecular weight is 462 g/mol. The minimum Gasteiger partial charge on any atom is -0.365 e. The molecule has 2 aliphatic rings. The smallest absolute Gasteiger partial charge is 0.318 e. The molecule has 4 rings (SSSR count). The van der Waals surface area contributed by atoms with Crippen LogP contribution in [0.4, 0.5) is 10.5 Å². The zero-order valence-electron chi connectivity index (χ0n) is 20.2. The summed E-state index contributed by atoms with van der Waals surface area (Å²) in [4.78, 5) is 27.8. The molecule has 2 amide bonds. The Morgan fingerprint density at radius 2 is 1.74 bits per heavy atom. The van der Waals surface area contributed by atoms with Crippen LogP contribution >= 0.6 is 0 Å². The number of anilines is 1. The van der Waals surface area contributed by atoms with Gasteiger partial charge in [0.05, 0.1) is 18.1 Å². The Kier molecular flexibility index (Phi) is 7.96. The number of piperazine rings is 1. The molecule has 1 N–H and O–H groups in total. The normalized spacial score (nSPS) is 21.8. The van der Waals surface area contributed by atoms with E-state index in [0.29, 0.717) is 19.0 Å². The second-order valence-electron chi connectivity index (χ2n) is 9.61. The molecule has 1 aromatic heterocycles. The number of likely N-dealkylation sites (tertiary alicyclic amines) is 1. The Morgan fingerprint density at radius 1 is 1.09 bits per heavy atom. The zero-order chi connectivity index (χ0) is 23.9. The van der Waals surface area contributed by atoms with Gasteiger partial charge in [-0.05, 0) is 57.7 Å². The van der Waals surface area contributed by atoms with Crippen molar-refractivity contribution in [2.24, 2.45) is 5.92 Å². The number of carbonyl (C=O) groups is 1. The van der Waals surface area contributed by atoms with E-state index in [9.17, 15) is 4.79 Å². The van der Waals surface area contributed by atoms with Crippen LogP contribution in [0.15, 0.2) is 42.7 Å². The number of hydrogen-bond donors (Lipinski definition) is 1. The first-order chi connectivity index (χ1) is 16.5. The molecule has 8 heteroatoms. The molecule has 2 fully saturated rings. The molecule has 0 unspecified atom stereocenters. The van der Waals surface area contributed by atoms with E-state index in [-0.39, 0.29) is 23.9 Å².